The molecule has 0 spiro atoms. The predicted octanol–water partition coefficient (Wildman–Crippen LogP) is 2.23. The van der Waals surface area contributed by atoms with Gasteiger partial charge in [-0.05, 0) is 32.9 Å². The van der Waals surface area contributed by atoms with Gasteiger partial charge in [-0.3, -0.25) is 0 Å². The summed E-state index contributed by atoms with van der Waals surface area (Å²) in [5, 5.41) is 3.16. The van der Waals surface area contributed by atoms with E-state index in [1.807, 2.05) is 7.05 Å². The second-order valence-electron chi connectivity index (χ2n) is 4.44. The zero-order chi connectivity index (χ0) is 13.3. The molecule has 0 bridgehead atoms. The molecule has 0 heterocycles. The fourth-order valence-corrected chi connectivity index (χ4v) is 1.66. The molecule has 0 aliphatic carbocycles. The van der Waals surface area contributed by atoms with Crippen LogP contribution in [0.5, 0.6) is 0 Å². The summed E-state index contributed by atoms with van der Waals surface area (Å²) in [7, 11) is 3.72. The molecule has 0 saturated heterocycles. The number of ether oxygens (including phenoxy) is 3. The van der Waals surface area contributed by atoms with Crippen LogP contribution in [0.4, 0.5) is 0 Å². The molecule has 0 saturated carbocycles. The van der Waals surface area contributed by atoms with Crippen molar-refractivity contribution < 1.29 is 14.2 Å². The fourth-order valence-electron chi connectivity index (χ4n) is 1.66. The minimum Gasteiger partial charge on any atom is -0.385 e. The molecule has 0 aromatic rings. The van der Waals surface area contributed by atoms with Crippen molar-refractivity contribution in [2.75, 3.05) is 53.7 Å². The van der Waals surface area contributed by atoms with Crippen LogP contribution in [0.1, 0.15) is 38.5 Å². The molecule has 4 nitrogen and oxygen atoms in total. The number of hydrogen-bond donors (Lipinski definition) is 1. The molecule has 0 unspecified atom stereocenters. The topological polar surface area (TPSA) is 39.7 Å². The van der Waals surface area contributed by atoms with Crippen molar-refractivity contribution >= 4 is 0 Å². The van der Waals surface area contributed by atoms with Crippen molar-refractivity contribution in [3.63, 3.8) is 0 Å². The molecular formula is C14H31NO3. The Bertz CT molecular complexity index is 129. The molecular weight excluding hydrogens is 230 g/mol. The van der Waals surface area contributed by atoms with Crippen molar-refractivity contribution in [3.05, 3.63) is 0 Å². The summed E-state index contributed by atoms with van der Waals surface area (Å²) < 4.78 is 15.8. The molecule has 0 aliphatic heterocycles. The molecule has 0 rings (SSSR count). The summed E-state index contributed by atoms with van der Waals surface area (Å²) in [5.41, 5.74) is 0. The summed E-state index contributed by atoms with van der Waals surface area (Å²) in [6.07, 6.45) is 7.33. The predicted molar refractivity (Wildman–Crippen MR) is 75.1 cm³/mol. The van der Waals surface area contributed by atoms with Crippen LogP contribution in [0, 0.1) is 0 Å². The Morgan fingerprint density at radius 1 is 0.667 bits per heavy atom. The normalized spacial score (nSPS) is 11.0. The third-order valence-corrected chi connectivity index (χ3v) is 2.72. The molecule has 0 amide bonds. The zero-order valence-corrected chi connectivity index (χ0v) is 12.2. The number of methoxy groups -OCH3 is 1. The van der Waals surface area contributed by atoms with Crippen LogP contribution in [-0.2, 0) is 14.2 Å². The molecule has 0 aromatic heterocycles. The van der Waals surface area contributed by atoms with Crippen LogP contribution in [0.2, 0.25) is 0 Å². The van der Waals surface area contributed by atoms with Crippen LogP contribution in [0.15, 0.2) is 0 Å². The van der Waals surface area contributed by atoms with Gasteiger partial charge in [0.25, 0.3) is 0 Å². The maximum Gasteiger partial charge on any atom is 0.0700 e. The van der Waals surface area contributed by atoms with E-state index in [1.165, 1.54) is 32.1 Å². The lowest BCUT2D eigenvalue weighted by Crippen LogP contribution is -2.08. The van der Waals surface area contributed by atoms with Gasteiger partial charge in [0, 0.05) is 26.9 Å². The van der Waals surface area contributed by atoms with Gasteiger partial charge in [-0.15, -0.1) is 0 Å². The summed E-state index contributed by atoms with van der Waals surface area (Å²) in [5.74, 6) is 0. The Kier molecular flexibility index (Phi) is 16.7. The highest BCUT2D eigenvalue weighted by Gasteiger charge is 1.92. The zero-order valence-electron chi connectivity index (χ0n) is 12.2. The molecule has 110 valence electrons. The number of unbranched alkanes of at least 4 members (excludes halogenated alkanes) is 4. The lowest BCUT2D eigenvalue weighted by molar-refractivity contribution is 0.0387. The first-order valence-corrected chi connectivity index (χ1v) is 7.21. The second-order valence-corrected chi connectivity index (χ2v) is 4.44. The summed E-state index contributed by atoms with van der Waals surface area (Å²) in [4.78, 5) is 0. The van der Waals surface area contributed by atoms with Crippen molar-refractivity contribution in [2.45, 2.75) is 38.5 Å². The summed E-state index contributed by atoms with van der Waals surface area (Å²) in [6, 6.07) is 0. The van der Waals surface area contributed by atoms with E-state index in [4.69, 9.17) is 14.2 Å². The molecule has 4 heteroatoms. The molecule has 18 heavy (non-hydrogen) atoms. The van der Waals surface area contributed by atoms with E-state index in [1.54, 1.807) is 7.11 Å². The minimum atomic E-state index is 0.700. The summed E-state index contributed by atoms with van der Waals surface area (Å²) >= 11 is 0. The van der Waals surface area contributed by atoms with E-state index in [2.05, 4.69) is 5.32 Å². The Balaban J connectivity index is 2.86. The third kappa shape index (κ3) is 15.8. The monoisotopic (exact) mass is 261 g/mol. The van der Waals surface area contributed by atoms with Gasteiger partial charge in [0.05, 0.1) is 13.2 Å². The molecule has 0 aromatic carbocycles. The van der Waals surface area contributed by atoms with Crippen LogP contribution in [0.3, 0.4) is 0 Å². The van der Waals surface area contributed by atoms with E-state index in [0.717, 1.165) is 32.8 Å². The van der Waals surface area contributed by atoms with E-state index < -0.39 is 0 Å². The first kappa shape index (κ1) is 17.8. The van der Waals surface area contributed by atoms with Crippen molar-refractivity contribution in [2.24, 2.45) is 0 Å². The van der Waals surface area contributed by atoms with Gasteiger partial charge in [0.1, 0.15) is 0 Å². The van der Waals surface area contributed by atoms with Gasteiger partial charge in [0.15, 0.2) is 0 Å². The molecule has 0 aliphatic rings. The van der Waals surface area contributed by atoms with Gasteiger partial charge in [-0.2, -0.15) is 0 Å². The Morgan fingerprint density at radius 3 is 1.94 bits per heavy atom. The Hall–Kier alpha value is -0.160. The van der Waals surface area contributed by atoms with Gasteiger partial charge >= 0.3 is 0 Å². The average Bonchev–Trinajstić information content (AvgIpc) is 2.39. The largest absolute Gasteiger partial charge is 0.385 e. The lowest BCUT2D eigenvalue weighted by atomic mass is 10.1. The molecule has 0 fully saturated rings. The average molecular weight is 261 g/mol. The highest BCUT2D eigenvalue weighted by molar-refractivity contribution is 4.46. The van der Waals surface area contributed by atoms with Crippen LogP contribution < -0.4 is 5.32 Å². The van der Waals surface area contributed by atoms with E-state index in [0.29, 0.717) is 13.2 Å². The number of nitrogens with one attached hydrogen (secondary N) is 1. The van der Waals surface area contributed by atoms with Crippen LogP contribution in [0.25, 0.3) is 0 Å². The fraction of sp³-hybridized carbons (Fsp3) is 1.00. The van der Waals surface area contributed by atoms with Gasteiger partial charge in [-0.25, -0.2) is 0 Å². The lowest BCUT2D eigenvalue weighted by Gasteiger charge is -2.05. The molecule has 0 atom stereocenters. The Morgan fingerprint density at radius 2 is 1.28 bits per heavy atom. The highest BCUT2D eigenvalue weighted by Crippen LogP contribution is 2.02. The van der Waals surface area contributed by atoms with E-state index in [9.17, 15) is 0 Å². The highest BCUT2D eigenvalue weighted by atomic mass is 16.5. The second kappa shape index (κ2) is 16.8. The first-order valence-electron chi connectivity index (χ1n) is 7.21. The quantitative estimate of drug-likeness (QED) is 0.459. The third-order valence-electron chi connectivity index (χ3n) is 2.72. The van der Waals surface area contributed by atoms with Crippen LogP contribution in [-0.4, -0.2) is 53.7 Å². The van der Waals surface area contributed by atoms with E-state index >= 15 is 0 Å². The van der Waals surface area contributed by atoms with Crippen molar-refractivity contribution in [1.29, 1.82) is 0 Å². The van der Waals surface area contributed by atoms with Crippen molar-refractivity contribution in [1.82, 2.24) is 5.32 Å². The first-order chi connectivity index (χ1) is 8.91. The number of rotatable bonds is 15. The maximum atomic E-state index is 5.50. The minimum absolute atomic E-state index is 0.700. The number of hydrogen-bond acceptors (Lipinski definition) is 4. The Labute approximate surface area is 112 Å². The van der Waals surface area contributed by atoms with Crippen LogP contribution >= 0.6 is 0 Å². The van der Waals surface area contributed by atoms with Crippen molar-refractivity contribution in [3.8, 4) is 0 Å². The van der Waals surface area contributed by atoms with Gasteiger partial charge < -0.3 is 19.5 Å². The smallest absolute Gasteiger partial charge is 0.0700 e. The SMILES string of the molecule is CNCCCCCCCOCCOCCCOC. The molecule has 1 N–H and O–H groups in total. The summed E-state index contributed by atoms with van der Waals surface area (Å²) in [6.45, 7) is 4.96. The van der Waals surface area contributed by atoms with E-state index in [-0.39, 0.29) is 0 Å². The van der Waals surface area contributed by atoms with Gasteiger partial charge in [0.2, 0.25) is 0 Å². The molecule has 0 radical (unpaired) electrons. The standard InChI is InChI=1S/C14H31NO3/c1-15-9-6-4-3-5-7-11-17-13-14-18-12-8-10-16-2/h15H,3-14H2,1-2H3. The van der Waals surface area contributed by atoms with Gasteiger partial charge in [-0.1, -0.05) is 19.3 Å². The maximum absolute atomic E-state index is 5.50.